The second kappa shape index (κ2) is 6.03. The highest BCUT2D eigenvalue weighted by molar-refractivity contribution is 9.10. The van der Waals surface area contributed by atoms with E-state index < -0.39 is 0 Å². The first-order valence-corrected chi connectivity index (χ1v) is 6.27. The number of rotatable bonds is 4. The van der Waals surface area contributed by atoms with Gasteiger partial charge >= 0.3 is 0 Å². The van der Waals surface area contributed by atoms with Crippen molar-refractivity contribution in [3.63, 3.8) is 0 Å². The maximum absolute atomic E-state index is 8.96. The van der Waals surface area contributed by atoms with E-state index in [1.165, 1.54) is 6.33 Å². The Labute approximate surface area is 118 Å². The highest BCUT2D eigenvalue weighted by Gasteiger charge is 2.09. The summed E-state index contributed by atoms with van der Waals surface area (Å²) in [5.41, 5.74) is 0.410. The standard InChI is InChI=1S/C13H9BrN4O/c14-10-1-3-11(4-2-10)19-6-5-18-9-17-12(7-15)13(18)8-16/h1-4,9H,5-6H2. The molecule has 0 aliphatic carbocycles. The van der Waals surface area contributed by atoms with E-state index in [2.05, 4.69) is 20.9 Å². The van der Waals surface area contributed by atoms with Crippen molar-refractivity contribution in [1.82, 2.24) is 9.55 Å². The summed E-state index contributed by atoms with van der Waals surface area (Å²) >= 11 is 3.35. The minimum atomic E-state index is 0.145. The zero-order valence-corrected chi connectivity index (χ0v) is 11.5. The number of nitriles is 2. The fourth-order valence-corrected chi connectivity index (χ4v) is 1.81. The molecule has 1 aromatic heterocycles. The van der Waals surface area contributed by atoms with Crippen LogP contribution in [0.2, 0.25) is 0 Å². The first kappa shape index (κ1) is 13.1. The molecule has 0 amide bonds. The second-order valence-electron chi connectivity index (χ2n) is 3.66. The molecule has 0 atom stereocenters. The van der Waals surface area contributed by atoms with Crippen LogP contribution in [0.4, 0.5) is 0 Å². The van der Waals surface area contributed by atoms with E-state index in [0.717, 1.165) is 10.2 Å². The summed E-state index contributed by atoms with van der Waals surface area (Å²) in [5.74, 6) is 0.752. The number of hydrogen-bond acceptors (Lipinski definition) is 4. The molecule has 5 nitrogen and oxygen atoms in total. The highest BCUT2D eigenvalue weighted by atomic mass is 79.9. The lowest BCUT2D eigenvalue weighted by molar-refractivity contribution is 0.298. The molecule has 0 bridgehead atoms. The van der Waals surface area contributed by atoms with Crippen molar-refractivity contribution in [3.05, 3.63) is 46.5 Å². The van der Waals surface area contributed by atoms with Crippen LogP contribution in [0.1, 0.15) is 11.4 Å². The van der Waals surface area contributed by atoms with Crippen LogP contribution in [0.15, 0.2) is 35.1 Å². The van der Waals surface area contributed by atoms with Crippen LogP contribution in [0.25, 0.3) is 0 Å². The predicted molar refractivity (Wildman–Crippen MR) is 71.3 cm³/mol. The number of benzene rings is 1. The molecule has 0 unspecified atom stereocenters. The van der Waals surface area contributed by atoms with Crippen LogP contribution in [0, 0.1) is 22.7 Å². The Morgan fingerprint density at radius 2 is 1.95 bits per heavy atom. The molecule has 19 heavy (non-hydrogen) atoms. The van der Waals surface area contributed by atoms with E-state index >= 15 is 0 Å². The third kappa shape index (κ3) is 3.12. The minimum absolute atomic E-state index is 0.145. The average Bonchev–Trinajstić information content (AvgIpc) is 2.83. The fourth-order valence-electron chi connectivity index (χ4n) is 1.54. The van der Waals surface area contributed by atoms with E-state index in [0.29, 0.717) is 13.2 Å². The molecule has 1 heterocycles. The summed E-state index contributed by atoms with van der Waals surface area (Å²) in [6.07, 6.45) is 1.47. The summed E-state index contributed by atoms with van der Waals surface area (Å²) in [4.78, 5) is 3.86. The van der Waals surface area contributed by atoms with Crippen LogP contribution in [-0.4, -0.2) is 16.2 Å². The molecule has 0 spiro atoms. The fraction of sp³-hybridized carbons (Fsp3) is 0.154. The smallest absolute Gasteiger partial charge is 0.176 e. The normalized spacial score (nSPS) is 9.63. The van der Waals surface area contributed by atoms with E-state index in [1.54, 1.807) is 4.57 Å². The number of imidazole rings is 1. The first-order chi connectivity index (χ1) is 9.24. The lowest BCUT2D eigenvalue weighted by atomic mass is 10.3. The Hall–Kier alpha value is -2.31. The monoisotopic (exact) mass is 316 g/mol. The average molecular weight is 317 g/mol. The van der Waals surface area contributed by atoms with Crippen molar-refractivity contribution >= 4 is 15.9 Å². The van der Waals surface area contributed by atoms with E-state index in [4.69, 9.17) is 15.3 Å². The topological polar surface area (TPSA) is 74.6 Å². The molecule has 0 saturated carbocycles. The second-order valence-corrected chi connectivity index (χ2v) is 4.58. The molecule has 6 heteroatoms. The Morgan fingerprint density at radius 3 is 2.58 bits per heavy atom. The molecule has 0 saturated heterocycles. The van der Waals surface area contributed by atoms with Gasteiger partial charge in [0.05, 0.1) is 12.9 Å². The van der Waals surface area contributed by atoms with Crippen LogP contribution < -0.4 is 4.74 Å². The van der Waals surface area contributed by atoms with E-state index in [1.807, 2.05) is 36.4 Å². The lowest BCUT2D eigenvalue weighted by Gasteiger charge is -2.07. The van der Waals surface area contributed by atoms with Gasteiger partial charge in [0.1, 0.15) is 24.5 Å². The highest BCUT2D eigenvalue weighted by Crippen LogP contribution is 2.16. The quantitative estimate of drug-likeness (QED) is 0.868. The summed E-state index contributed by atoms with van der Waals surface area (Å²) in [6, 6.07) is 11.3. The summed E-state index contributed by atoms with van der Waals surface area (Å²) in [6.45, 7) is 0.866. The molecule has 1 aromatic carbocycles. The minimum Gasteiger partial charge on any atom is -0.492 e. The molecule has 0 radical (unpaired) electrons. The van der Waals surface area contributed by atoms with Gasteiger partial charge < -0.3 is 9.30 Å². The molecular weight excluding hydrogens is 308 g/mol. The Morgan fingerprint density at radius 1 is 1.21 bits per heavy atom. The Balaban J connectivity index is 1.97. The molecule has 0 aliphatic heterocycles. The van der Waals surface area contributed by atoms with Crippen molar-refractivity contribution in [3.8, 4) is 17.9 Å². The molecule has 0 aliphatic rings. The molecule has 0 fully saturated rings. The van der Waals surface area contributed by atoms with Gasteiger partial charge in [-0.25, -0.2) is 4.98 Å². The summed E-state index contributed by atoms with van der Waals surface area (Å²) < 4.78 is 8.14. The first-order valence-electron chi connectivity index (χ1n) is 5.48. The van der Waals surface area contributed by atoms with Gasteiger partial charge in [0, 0.05) is 4.47 Å². The molecule has 0 N–H and O–H groups in total. The van der Waals surface area contributed by atoms with Crippen LogP contribution in [0.5, 0.6) is 5.75 Å². The van der Waals surface area contributed by atoms with Crippen molar-refractivity contribution in [2.75, 3.05) is 6.61 Å². The van der Waals surface area contributed by atoms with E-state index in [-0.39, 0.29) is 11.4 Å². The van der Waals surface area contributed by atoms with Crippen molar-refractivity contribution in [1.29, 1.82) is 10.5 Å². The van der Waals surface area contributed by atoms with Crippen molar-refractivity contribution in [2.45, 2.75) is 6.54 Å². The van der Waals surface area contributed by atoms with Gasteiger partial charge in [-0.15, -0.1) is 0 Å². The van der Waals surface area contributed by atoms with Crippen LogP contribution in [0.3, 0.4) is 0 Å². The van der Waals surface area contributed by atoms with Crippen molar-refractivity contribution < 1.29 is 4.74 Å². The molecular formula is C13H9BrN4O. The largest absolute Gasteiger partial charge is 0.492 e. The van der Waals surface area contributed by atoms with Gasteiger partial charge in [0.15, 0.2) is 11.4 Å². The Kier molecular flexibility index (Phi) is 4.17. The molecule has 94 valence electrons. The van der Waals surface area contributed by atoms with Crippen LogP contribution in [-0.2, 0) is 6.54 Å². The number of aromatic nitrogens is 2. The van der Waals surface area contributed by atoms with Gasteiger partial charge in [-0.3, -0.25) is 0 Å². The maximum atomic E-state index is 8.96. The third-order valence-electron chi connectivity index (χ3n) is 2.46. The van der Waals surface area contributed by atoms with Gasteiger partial charge in [0.2, 0.25) is 0 Å². The SMILES string of the molecule is N#Cc1ncn(CCOc2ccc(Br)cc2)c1C#N. The lowest BCUT2D eigenvalue weighted by Crippen LogP contribution is -2.09. The van der Waals surface area contributed by atoms with Gasteiger partial charge in [-0.05, 0) is 24.3 Å². The van der Waals surface area contributed by atoms with Crippen LogP contribution >= 0.6 is 15.9 Å². The molecule has 2 rings (SSSR count). The summed E-state index contributed by atoms with van der Waals surface area (Å²) in [7, 11) is 0. The van der Waals surface area contributed by atoms with Gasteiger partial charge in [-0.2, -0.15) is 10.5 Å². The van der Waals surface area contributed by atoms with Gasteiger partial charge in [-0.1, -0.05) is 15.9 Å². The maximum Gasteiger partial charge on any atom is 0.176 e. The number of hydrogen-bond donors (Lipinski definition) is 0. The predicted octanol–water partition coefficient (Wildman–Crippen LogP) is 2.47. The Bertz CT molecular complexity index is 649. The summed E-state index contributed by atoms with van der Waals surface area (Å²) in [5, 5.41) is 17.7. The number of nitrogens with zero attached hydrogens (tertiary/aromatic N) is 4. The zero-order valence-electron chi connectivity index (χ0n) is 9.88. The number of ether oxygens (including phenoxy) is 1. The van der Waals surface area contributed by atoms with Gasteiger partial charge in [0.25, 0.3) is 0 Å². The molecule has 2 aromatic rings. The number of halogens is 1. The zero-order chi connectivity index (χ0) is 13.7. The van der Waals surface area contributed by atoms with Crippen molar-refractivity contribution in [2.24, 2.45) is 0 Å². The third-order valence-corrected chi connectivity index (χ3v) is 2.99. The van der Waals surface area contributed by atoms with E-state index in [9.17, 15) is 0 Å².